The Balaban J connectivity index is 1.42. The topological polar surface area (TPSA) is 9.86 Å². The summed E-state index contributed by atoms with van der Waals surface area (Å²) in [4.78, 5) is 0. The molecule has 2 aromatic heterocycles. The summed E-state index contributed by atoms with van der Waals surface area (Å²) >= 11 is 0. The van der Waals surface area contributed by atoms with Gasteiger partial charge in [-0.15, -0.1) is 0 Å². The van der Waals surface area contributed by atoms with Crippen LogP contribution in [0.4, 0.5) is 0 Å². The lowest BCUT2D eigenvalue weighted by molar-refractivity contribution is 0.490. The van der Waals surface area contributed by atoms with Gasteiger partial charge in [-0.3, -0.25) is 0 Å². The van der Waals surface area contributed by atoms with Crippen molar-refractivity contribution in [3.63, 3.8) is 0 Å². The quantitative estimate of drug-likeness (QED) is 0.253. The number of fused-ring (bicyclic) bond motifs is 5. The van der Waals surface area contributed by atoms with E-state index in [0.29, 0.717) is 0 Å². The summed E-state index contributed by atoms with van der Waals surface area (Å²) in [5.74, 6) is 0. The van der Waals surface area contributed by atoms with Gasteiger partial charge in [-0.1, -0.05) is 62.4 Å². The van der Waals surface area contributed by atoms with Crippen molar-refractivity contribution in [2.24, 2.45) is 0 Å². The van der Waals surface area contributed by atoms with Gasteiger partial charge in [0.25, 0.3) is 0 Å². The van der Waals surface area contributed by atoms with Crippen molar-refractivity contribution in [1.82, 2.24) is 9.13 Å². The summed E-state index contributed by atoms with van der Waals surface area (Å²) in [6, 6.07) is 35.8. The standard InChI is InChI=1S/C33H28N2/c1-3-33(4-2)29-21-25(34-19-17-23-9-5-7-11-31(23)34)13-15-27(29)28-16-14-26(22-30(28)33)35-20-18-24-10-6-8-12-32(24)35/h5-22H,3-4H2,1-2H3. The minimum Gasteiger partial charge on any atom is -0.317 e. The van der Waals surface area contributed by atoms with E-state index in [-0.39, 0.29) is 5.41 Å². The summed E-state index contributed by atoms with van der Waals surface area (Å²) in [5.41, 5.74) is 10.7. The molecule has 0 atom stereocenters. The lowest BCUT2D eigenvalue weighted by atomic mass is 9.73. The van der Waals surface area contributed by atoms with Gasteiger partial charge in [0.15, 0.2) is 0 Å². The lowest BCUT2D eigenvalue weighted by Crippen LogP contribution is -2.23. The molecular weight excluding hydrogens is 424 g/mol. The first-order valence-corrected chi connectivity index (χ1v) is 12.7. The molecule has 2 nitrogen and oxygen atoms in total. The third-order valence-corrected chi connectivity index (χ3v) is 8.29. The van der Waals surface area contributed by atoms with E-state index in [1.54, 1.807) is 0 Å². The molecule has 0 N–H and O–H groups in total. The van der Waals surface area contributed by atoms with Crippen molar-refractivity contribution in [2.45, 2.75) is 32.1 Å². The average molecular weight is 453 g/mol. The van der Waals surface area contributed by atoms with Gasteiger partial charge in [-0.2, -0.15) is 0 Å². The van der Waals surface area contributed by atoms with Gasteiger partial charge in [-0.25, -0.2) is 0 Å². The molecule has 35 heavy (non-hydrogen) atoms. The van der Waals surface area contributed by atoms with Gasteiger partial charge >= 0.3 is 0 Å². The van der Waals surface area contributed by atoms with Crippen LogP contribution in [0.3, 0.4) is 0 Å². The van der Waals surface area contributed by atoms with E-state index in [2.05, 4.69) is 132 Å². The predicted octanol–water partition coefficient (Wildman–Crippen LogP) is 8.66. The van der Waals surface area contributed by atoms with Crippen molar-refractivity contribution >= 4 is 21.8 Å². The van der Waals surface area contributed by atoms with Gasteiger partial charge in [-0.05, 0) is 94.4 Å². The first-order chi connectivity index (χ1) is 17.2. The highest BCUT2D eigenvalue weighted by molar-refractivity contribution is 5.86. The Bertz CT molecular complexity index is 1600. The number of hydrogen-bond donors (Lipinski definition) is 0. The third kappa shape index (κ3) is 2.77. The number of hydrogen-bond acceptors (Lipinski definition) is 0. The van der Waals surface area contributed by atoms with Crippen molar-refractivity contribution in [3.8, 4) is 22.5 Å². The van der Waals surface area contributed by atoms with Crippen LogP contribution in [0.15, 0.2) is 109 Å². The molecule has 0 saturated carbocycles. The fourth-order valence-electron chi connectivity index (χ4n) is 6.40. The smallest absolute Gasteiger partial charge is 0.0528 e. The molecule has 0 amide bonds. The van der Waals surface area contributed by atoms with Crippen LogP contribution >= 0.6 is 0 Å². The molecule has 0 unspecified atom stereocenters. The van der Waals surface area contributed by atoms with E-state index in [9.17, 15) is 0 Å². The van der Waals surface area contributed by atoms with Gasteiger partial charge in [0, 0.05) is 29.2 Å². The maximum atomic E-state index is 2.44. The van der Waals surface area contributed by atoms with Crippen LogP contribution in [-0.4, -0.2) is 9.13 Å². The zero-order chi connectivity index (χ0) is 23.6. The molecule has 0 aliphatic heterocycles. The summed E-state index contributed by atoms with van der Waals surface area (Å²) in [6.07, 6.45) is 6.55. The van der Waals surface area contributed by atoms with Crippen LogP contribution in [0.5, 0.6) is 0 Å². The van der Waals surface area contributed by atoms with Crippen LogP contribution in [0, 0.1) is 0 Å². The highest BCUT2D eigenvalue weighted by Gasteiger charge is 2.41. The molecule has 0 bridgehead atoms. The minimum atomic E-state index is 0.0165. The molecule has 0 spiro atoms. The summed E-state index contributed by atoms with van der Waals surface area (Å²) in [7, 11) is 0. The highest BCUT2D eigenvalue weighted by Crippen LogP contribution is 2.53. The lowest BCUT2D eigenvalue weighted by Gasteiger charge is -2.30. The van der Waals surface area contributed by atoms with E-state index in [1.165, 1.54) is 55.4 Å². The Morgan fingerprint density at radius 3 is 1.46 bits per heavy atom. The van der Waals surface area contributed by atoms with E-state index in [1.807, 2.05) is 0 Å². The van der Waals surface area contributed by atoms with Crippen LogP contribution in [0.2, 0.25) is 0 Å². The number of benzene rings is 4. The van der Waals surface area contributed by atoms with Gasteiger partial charge in [0.05, 0.1) is 11.0 Å². The molecular formula is C33H28N2. The Labute approximate surface area is 206 Å². The second-order valence-electron chi connectivity index (χ2n) is 9.74. The van der Waals surface area contributed by atoms with Crippen LogP contribution < -0.4 is 0 Å². The first-order valence-electron chi connectivity index (χ1n) is 12.7. The molecule has 7 rings (SSSR count). The maximum Gasteiger partial charge on any atom is 0.0528 e. The third-order valence-electron chi connectivity index (χ3n) is 8.29. The fraction of sp³-hybridized carbons (Fsp3) is 0.152. The SMILES string of the molecule is CCC1(CC)c2cc(-n3ccc4ccccc43)ccc2-c2ccc(-n3ccc4ccccc43)cc21. The normalized spacial score (nSPS) is 13.9. The maximum absolute atomic E-state index is 2.44. The molecule has 2 heterocycles. The molecule has 2 heteroatoms. The van der Waals surface area contributed by atoms with Crippen molar-refractivity contribution < 1.29 is 0 Å². The molecule has 4 aromatic carbocycles. The van der Waals surface area contributed by atoms with Crippen LogP contribution in [0.25, 0.3) is 44.3 Å². The van der Waals surface area contributed by atoms with Gasteiger partial charge < -0.3 is 9.13 Å². The number of nitrogens with zero attached hydrogens (tertiary/aromatic N) is 2. The second-order valence-corrected chi connectivity index (χ2v) is 9.74. The highest BCUT2D eigenvalue weighted by atomic mass is 15.0. The minimum absolute atomic E-state index is 0.0165. The Morgan fingerprint density at radius 2 is 1.00 bits per heavy atom. The number of aromatic nitrogens is 2. The van der Waals surface area contributed by atoms with Crippen molar-refractivity contribution in [1.29, 1.82) is 0 Å². The molecule has 1 aliphatic rings. The van der Waals surface area contributed by atoms with Gasteiger partial charge in [0.1, 0.15) is 0 Å². The van der Waals surface area contributed by atoms with E-state index in [4.69, 9.17) is 0 Å². The Kier molecular flexibility index (Phi) is 4.35. The molecule has 0 fully saturated rings. The van der Waals surface area contributed by atoms with E-state index < -0.39 is 0 Å². The van der Waals surface area contributed by atoms with Crippen LogP contribution in [0.1, 0.15) is 37.8 Å². The average Bonchev–Trinajstić information content (AvgIpc) is 3.61. The summed E-state index contributed by atoms with van der Waals surface area (Å²) in [6.45, 7) is 4.69. The molecule has 0 radical (unpaired) electrons. The molecule has 6 aromatic rings. The second kappa shape index (κ2) is 7.48. The predicted molar refractivity (Wildman–Crippen MR) is 147 cm³/mol. The monoisotopic (exact) mass is 452 g/mol. The Hall–Kier alpha value is -4.04. The number of para-hydroxylation sites is 2. The fourth-order valence-corrected chi connectivity index (χ4v) is 6.40. The first kappa shape index (κ1) is 20.3. The molecule has 0 saturated heterocycles. The van der Waals surface area contributed by atoms with E-state index in [0.717, 1.165) is 12.8 Å². The zero-order valence-corrected chi connectivity index (χ0v) is 20.2. The Morgan fingerprint density at radius 1 is 0.543 bits per heavy atom. The summed E-state index contributed by atoms with van der Waals surface area (Å²) < 4.78 is 4.65. The molecule has 1 aliphatic carbocycles. The number of rotatable bonds is 4. The van der Waals surface area contributed by atoms with Gasteiger partial charge in [0.2, 0.25) is 0 Å². The zero-order valence-electron chi connectivity index (χ0n) is 20.2. The van der Waals surface area contributed by atoms with Crippen molar-refractivity contribution in [3.05, 3.63) is 121 Å². The van der Waals surface area contributed by atoms with Crippen LogP contribution in [-0.2, 0) is 5.41 Å². The van der Waals surface area contributed by atoms with Crippen molar-refractivity contribution in [2.75, 3.05) is 0 Å². The molecule has 170 valence electrons. The summed E-state index contributed by atoms with van der Waals surface area (Å²) in [5, 5.41) is 2.55. The largest absolute Gasteiger partial charge is 0.317 e. The van der Waals surface area contributed by atoms with E-state index >= 15 is 0 Å².